The highest BCUT2D eigenvalue weighted by atomic mass is 32.2. The maximum atomic E-state index is 12.2. The van der Waals surface area contributed by atoms with Crippen molar-refractivity contribution in [1.29, 1.82) is 0 Å². The van der Waals surface area contributed by atoms with Gasteiger partial charge in [-0.3, -0.25) is 14.4 Å². The lowest BCUT2D eigenvalue weighted by Gasteiger charge is -2.21. The molecule has 2 rings (SSSR count). The summed E-state index contributed by atoms with van der Waals surface area (Å²) in [5.41, 5.74) is 0.717. The first kappa shape index (κ1) is 20.4. The van der Waals surface area contributed by atoms with Crippen molar-refractivity contribution in [2.75, 3.05) is 20.7 Å². The molecule has 7 nitrogen and oxygen atoms in total. The molecule has 144 valence electrons. The van der Waals surface area contributed by atoms with E-state index in [9.17, 15) is 9.59 Å². The number of hydrogen-bond donors (Lipinski definition) is 0. The molecule has 0 unspecified atom stereocenters. The number of ether oxygens (including phenoxy) is 1. The SMILES string of the molecule is CCCCON(C)C(=O)SC(=O)N(C)Oc1cccc2c1OC(C)(C)C2. The van der Waals surface area contributed by atoms with Crippen LogP contribution in [0.2, 0.25) is 0 Å². The molecule has 0 aromatic heterocycles. The molecule has 1 aromatic carbocycles. The van der Waals surface area contributed by atoms with E-state index >= 15 is 0 Å². The number of thioether (sulfide) groups is 1. The van der Waals surface area contributed by atoms with Gasteiger partial charge in [-0.15, -0.1) is 0 Å². The third-order valence-electron chi connectivity index (χ3n) is 3.76. The highest BCUT2D eigenvalue weighted by Crippen LogP contribution is 2.42. The van der Waals surface area contributed by atoms with E-state index in [-0.39, 0.29) is 5.60 Å². The second kappa shape index (κ2) is 8.64. The molecular weight excluding hydrogens is 356 g/mol. The van der Waals surface area contributed by atoms with Crippen LogP contribution in [0.15, 0.2) is 18.2 Å². The monoisotopic (exact) mass is 382 g/mol. The van der Waals surface area contributed by atoms with Gasteiger partial charge in [-0.2, -0.15) is 5.06 Å². The van der Waals surface area contributed by atoms with Crippen molar-refractivity contribution in [1.82, 2.24) is 10.1 Å². The summed E-state index contributed by atoms with van der Waals surface area (Å²) in [7, 11) is 2.94. The Balaban J connectivity index is 1.92. The highest BCUT2D eigenvalue weighted by Gasteiger charge is 2.33. The van der Waals surface area contributed by atoms with Gasteiger partial charge in [0.15, 0.2) is 11.5 Å². The van der Waals surface area contributed by atoms with Gasteiger partial charge in [0.25, 0.3) is 0 Å². The standard InChI is InChI=1S/C18H26N2O5S/c1-6-7-11-23-19(4)16(21)26-17(22)20(5)25-14-10-8-9-13-12-18(2,3)24-15(13)14/h8-10H,6-7,11-12H2,1-5H3. The topological polar surface area (TPSA) is 68.3 Å². The van der Waals surface area contributed by atoms with Crippen LogP contribution < -0.4 is 9.57 Å². The molecule has 8 heteroatoms. The zero-order valence-corrected chi connectivity index (χ0v) is 16.7. The average Bonchev–Trinajstić information content (AvgIpc) is 2.89. The Bertz CT molecular complexity index is 665. The maximum Gasteiger partial charge on any atom is 0.323 e. The Kier molecular flexibility index (Phi) is 6.77. The Labute approximate surface area is 158 Å². The normalized spacial score (nSPS) is 14.3. The fourth-order valence-corrected chi connectivity index (χ4v) is 2.94. The minimum Gasteiger partial charge on any atom is -0.483 e. The summed E-state index contributed by atoms with van der Waals surface area (Å²) in [5.74, 6) is 1.08. The number of fused-ring (bicyclic) bond motifs is 1. The lowest BCUT2D eigenvalue weighted by atomic mass is 10.0. The summed E-state index contributed by atoms with van der Waals surface area (Å²) in [6.45, 7) is 6.45. The van der Waals surface area contributed by atoms with E-state index in [1.807, 2.05) is 32.9 Å². The van der Waals surface area contributed by atoms with Gasteiger partial charge in [0.05, 0.1) is 6.61 Å². The van der Waals surface area contributed by atoms with Crippen LogP contribution in [0.4, 0.5) is 9.59 Å². The zero-order valence-electron chi connectivity index (χ0n) is 15.9. The fourth-order valence-electron chi connectivity index (χ4n) is 2.45. The molecule has 0 spiro atoms. The molecular formula is C18H26N2O5S. The fraction of sp³-hybridized carbons (Fsp3) is 0.556. The van der Waals surface area contributed by atoms with Gasteiger partial charge < -0.3 is 9.57 Å². The van der Waals surface area contributed by atoms with Crippen molar-refractivity contribution >= 4 is 22.2 Å². The van der Waals surface area contributed by atoms with Crippen LogP contribution in [0.5, 0.6) is 11.5 Å². The summed E-state index contributed by atoms with van der Waals surface area (Å²) >= 11 is 0.509. The van der Waals surface area contributed by atoms with Crippen LogP contribution >= 0.6 is 11.8 Å². The van der Waals surface area contributed by atoms with E-state index < -0.39 is 10.5 Å². The van der Waals surface area contributed by atoms with Crippen molar-refractivity contribution in [3.05, 3.63) is 23.8 Å². The van der Waals surface area contributed by atoms with Crippen molar-refractivity contribution in [2.45, 2.75) is 45.6 Å². The molecule has 0 aliphatic carbocycles. The van der Waals surface area contributed by atoms with Crippen LogP contribution in [0.3, 0.4) is 0 Å². The van der Waals surface area contributed by atoms with Gasteiger partial charge in [0, 0.05) is 37.8 Å². The number of nitrogens with zero attached hydrogens (tertiary/aromatic N) is 2. The van der Waals surface area contributed by atoms with E-state index in [4.69, 9.17) is 14.4 Å². The van der Waals surface area contributed by atoms with Crippen LogP contribution in [-0.2, 0) is 11.3 Å². The van der Waals surface area contributed by atoms with E-state index in [1.54, 1.807) is 6.07 Å². The first-order valence-electron chi connectivity index (χ1n) is 8.58. The predicted octanol–water partition coefficient (Wildman–Crippen LogP) is 4.26. The van der Waals surface area contributed by atoms with E-state index in [0.29, 0.717) is 29.9 Å². The quantitative estimate of drug-likeness (QED) is 0.541. The molecule has 1 aliphatic heterocycles. The number of carbonyl (C=O) groups excluding carboxylic acids is 2. The molecule has 0 saturated carbocycles. The third-order valence-corrected chi connectivity index (χ3v) is 4.63. The molecule has 1 aromatic rings. The van der Waals surface area contributed by atoms with Crippen molar-refractivity contribution in [2.24, 2.45) is 0 Å². The number of hydroxylamine groups is 4. The molecule has 26 heavy (non-hydrogen) atoms. The van der Waals surface area contributed by atoms with Gasteiger partial charge in [-0.1, -0.05) is 25.5 Å². The Morgan fingerprint density at radius 2 is 1.92 bits per heavy atom. The highest BCUT2D eigenvalue weighted by molar-refractivity contribution is 8.25. The van der Waals surface area contributed by atoms with Crippen molar-refractivity contribution < 1.29 is 24.0 Å². The first-order chi connectivity index (χ1) is 12.2. The van der Waals surface area contributed by atoms with Crippen molar-refractivity contribution in [3.63, 3.8) is 0 Å². The molecule has 0 atom stereocenters. The van der Waals surface area contributed by atoms with E-state index in [1.165, 1.54) is 14.1 Å². The van der Waals surface area contributed by atoms with Gasteiger partial charge in [0.1, 0.15) is 5.60 Å². The molecule has 0 bridgehead atoms. The van der Waals surface area contributed by atoms with Gasteiger partial charge >= 0.3 is 10.5 Å². The molecule has 2 amide bonds. The second-order valence-corrected chi connectivity index (χ2v) is 7.59. The Hall–Kier alpha value is -1.93. The summed E-state index contributed by atoms with van der Waals surface area (Å²) in [6, 6.07) is 5.56. The molecule has 1 aliphatic rings. The van der Waals surface area contributed by atoms with E-state index in [2.05, 4.69) is 0 Å². The maximum absolute atomic E-state index is 12.2. The first-order valence-corrected chi connectivity index (χ1v) is 9.40. The number of para-hydroxylation sites is 1. The number of rotatable bonds is 6. The molecule has 0 radical (unpaired) electrons. The van der Waals surface area contributed by atoms with Gasteiger partial charge in [0.2, 0.25) is 0 Å². The zero-order chi connectivity index (χ0) is 19.3. The number of hydrogen-bond acceptors (Lipinski definition) is 6. The molecule has 0 N–H and O–H groups in total. The summed E-state index contributed by atoms with van der Waals surface area (Å²) in [4.78, 5) is 35.1. The smallest absolute Gasteiger partial charge is 0.323 e. The van der Waals surface area contributed by atoms with E-state index in [0.717, 1.165) is 35.0 Å². The molecule has 0 fully saturated rings. The molecule has 0 saturated heterocycles. The number of carbonyl (C=O) groups is 2. The third kappa shape index (κ3) is 5.28. The molecule has 1 heterocycles. The van der Waals surface area contributed by atoms with Gasteiger partial charge in [-0.05, 0) is 26.3 Å². The largest absolute Gasteiger partial charge is 0.483 e. The predicted molar refractivity (Wildman–Crippen MR) is 100 cm³/mol. The summed E-state index contributed by atoms with van der Waals surface area (Å²) in [5, 5.41) is 1.04. The van der Waals surface area contributed by atoms with Crippen LogP contribution in [0, 0.1) is 0 Å². The lowest BCUT2D eigenvalue weighted by molar-refractivity contribution is -0.0905. The minimum absolute atomic E-state index is 0.312. The van der Waals surface area contributed by atoms with Crippen molar-refractivity contribution in [3.8, 4) is 11.5 Å². The summed E-state index contributed by atoms with van der Waals surface area (Å²) in [6.07, 6.45) is 2.57. The van der Waals surface area contributed by atoms with Crippen LogP contribution in [0.25, 0.3) is 0 Å². The number of benzene rings is 1. The lowest BCUT2D eigenvalue weighted by Crippen LogP contribution is -2.31. The number of unbranched alkanes of at least 4 members (excludes halogenated alkanes) is 1. The Morgan fingerprint density at radius 3 is 2.62 bits per heavy atom. The minimum atomic E-state index is -0.546. The summed E-state index contributed by atoms with van der Waals surface area (Å²) < 4.78 is 5.92. The number of amides is 2. The van der Waals surface area contributed by atoms with Crippen LogP contribution in [-0.4, -0.2) is 46.9 Å². The Morgan fingerprint density at radius 1 is 1.23 bits per heavy atom. The second-order valence-electron chi connectivity index (χ2n) is 6.69. The van der Waals surface area contributed by atoms with Gasteiger partial charge in [-0.25, -0.2) is 5.06 Å². The average molecular weight is 382 g/mol. The van der Waals surface area contributed by atoms with Crippen LogP contribution in [0.1, 0.15) is 39.2 Å².